The lowest BCUT2D eigenvalue weighted by molar-refractivity contribution is 0.0573. The Balaban J connectivity index is 2.23. The van der Waals surface area contributed by atoms with Crippen LogP contribution in [0.15, 0.2) is 22.7 Å². The second-order valence-electron chi connectivity index (χ2n) is 4.78. The van der Waals surface area contributed by atoms with Crippen molar-refractivity contribution in [3.05, 3.63) is 33.3 Å². The molecule has 1 amide bonds. The highest BCUT2D eigenvalue weighted by Gasteiger charge is 2.28. The summed E-state index contributed by atoms with van der Waals surface area (Å²) in [6, 6.07) is 5.38. The molecule has 1 aromatic rings. The number of benzene rings is 1. The van der Waals surface area contributed by atoms with Crippen molar-refractivity contribution >= 4 is 33.4 Å². The van der Waals surface area contributed by atoms with Crippen LogP contribution in [0.4, 0.5) is 0 Å². The van der Waals surface area contributed by atoms with Crippen LogP contribution in [-0.2, 0) is 0 Å². The van der Waals surface area contributed by atoms with E-state index in [1.165, 1.54) is 0 Å². The van der Waals surface area contributed by atoms with Gasteiger partial charge in [0, 0.05) is 28.7 Å². The second-order valence-corrected chi connectivity index (χ2v) is 6.08. The van der Waals surface area contributed by atoms with E-state index in [1.54, 1.807) is 18.2 Å². The summed E-state index contributed by atoms with van der Waals surface area (Å²) in [5, 5.41) is 9.68. The van der Waals surface area contributed by atoms with E-state index in [4.69, 9.17) is 16.7 Å². The third-order valence-corrected chi connectivity index (χ3v) is 4.44. The summed E-state index contributed by atoms with van der Waals surface area (Å²) in [6.45, 7) is 0.869. The quantitative estimate of drug-likeness (QED) is 0.910. The second kappa shape index (κ2) is 6.73. The van der Waals surface area contributed by atoms with Crippen molar-refractivity contribution in [1.82, 2.24) is 4.90 Å². The summed E-state index contributed by atoms with van der Waals surface area (Å²) in [6.07, 6.45) is 3.74. The van der Waals surface area contributed by atoms with Gasteiger partial charge in [0.2, 0.25) is 0 Å². The molecule has 5 heteroatoms. The van der Waals surface area contributed by atoms with Crippen LogP contribution in [0.3, 0.4) is 0 Å². The Hall–Kier alpha value is -0.580. The van der Waals surface area contributed by atoms with E-state index in [2.05, 4.69) is 15.9 Å². The van der Waals surface area contributed by atoms with Crippen LogP contribution in [0.25, 0.3) is 0 Å². The summed E-state index contributed by atoms with van der Waals surface area (Å²) < 4.78 is 0.759. The number of nitrogens with zero attached hydrogens (tertiary/aromatic N) is 1. The van der Waals surface area contributed by atoms with Crippen LogP contribution in [-0.4, -0.2) is 35.1 Å². The monoisotopic (exact) mass is 345 g/mol. The molecule has 104 valence electrons. The number of likely N-dealkylation sites (tertiary alicyclic amines) is 1. The van der Waals surface area contributed by atoms with Gasteiger partial charge in [-0.25, -0.2) is 0 Å². The molecule has 1 unspecified atom stereocenters. The minimum atomic E-state index is -0.00692. The number of carbonyl (C=O) groups excluding carboxylic acids is 1. The fraction of sp³-hybridized carbons (Fsp3) is 0.500. The molecule has 1 N–H and O–H groups in total. The van der Waals surface area contributed by atoms with E-state index in [0.717, 1.165) is 30.3 Å². The summed E-state index contributed by atoms with van der Waals surface area (Å²) in [4.78, 5) is 14.5. The smallest absolute Gasteiger partial charge is 0.255 e. The average molecular weight is 347 g/mol. The molecule has 1 aliphatic rings. The van der Waals surface area contributed by atoms with Gasteiger partial charge in [-0.05, 0) is 59.8 Å². The Morgan fingerprint density at radius 2 is 2.26 bits per heavy atom. The first-order valence-electron chi connectivity index (χ1n) is 6.50. The van der Waals surface area contributed by atoms with Crippen molar-refractivity contribution in [2.24, 2.45) is 0 Å². The molecule has 1 atom stereocenters. The minimum Gasteiger partial charge on any atom is -0.396 e. The molecule has 0 saturated carbocycles. The number of hydrogen-bond donors (Lipinski definition) is 1. The number of aliphatic hydroxyl groups excluding tert-OH is 1. The summed E-state index contributed by atoms with van der Waals surface area (Å²) in [5.41, 5.74) is 0.595. The molecule has 0 spiro atoms. The first kappa shape index (κ1) is 14.8. The fourth-order valence-electron chi connectivity index (χ4n) is 2.53. The predicted octanol–water partition coefficient (Wildman–Crippen LogP) is 3.48. The molecule has 2 rings (SSSR count). The lowest BCUT2D eigenvalue weighted by atomic mass is 9.98. The highest BCUT2D eigenvalue weighted by Crippen LogP contribution is 2.27. The van der Waals surface area contributed by atoms with Gasteiger partial charge >= 0.3 is 0 Å². The molecular formula is C14H17BrClNO2. The standard InChI is InChI=1S/C14H17BrClNO2/c15-13-5-4-10(16)9-12(13)14(19)17-7-2-1-3-11(17)6-8-18/h4-5,9,11,18H,1-3,6-8H2. The van der Waals surface area contributed by atoms with Gasteiger partial charge in [0.15, 0.2) is 0 Å². The van der Waals surface area contributed by atoms with E-state index >= 15 is 0 Å². The van der Waals surface area contributed by atoms with Crippen LogP contribution in [0.2, 0.25) is 5.02 Å². The molecule has 1 fully saturated rings. The maximum atomic E-state index is 12.6. The van der Waals surface area contributed by atoms with E-state index < -0.39 is 0 Å². The number of piperidine rings is 1. The molecule has 3 nitrogen and oxygen atoms in total. The lowest BCUT2D eigenvalue weighted by Gasteiger charge is -2.35. The Morgan fingerprint density at radius 3 is 3.00 bits per heavy atom. The van der Waals surface area contributed by atoms with Crippen molar-refractivity contribution in [1.29, 1.82) is 0 Å². The number of carbonyl (C=O) groups is 1. The SMILES string of the molecule is O=C(c1cc(Cl)ccc1Br)N1CCCCC1CCO. The van der Waals surface area contributed by atoms with E-state index in [-0.39, 0.29) is 18.6 Å². The lowest BCUT2D eigenvalue weighted by Crippen LogP contribution is -2.44. The first-order valence-corrected chi connectivity index (χ1v) is 7.67. The Kier molecular flexibility index (Phi) is 5.25. The first-order chi connectivity index (χ1) is 9.13. The molecule has 0 aromatic heterocycles. The predicted molar refractivity (Wildman–Crippen MR) is 79.5 cm³/mol. The maximum Gasteiger partial charge on any atom is 0.255 e. The number of hydrogen-bond acceptors (Lipinski definition) is 2. The molecule has 1 heterocycles. The third kappa shape index (κ3) is 3.50. The summed E-state index contributed by atoms with van der Waals surface area (Å²) in [7, 11) is 0. The van der Waals surface area contributed by atoms with Gasteiger partial charge < -0.3 is 10.0 Å². The molecule has 1 aromatic carbocycles. The Bertz CT molecular complexity index is 465. The van der Waals surface area contributed by atoms with Crippen LogP contribution < -0.4 is 0 Å². The molecule has 0 radical (unpaired) electrons. The largest absolute Gasteiger partial charge is 0.396 e. The van der Waals surface area contributed by atoms with E-state index in [9.17, 15) is 4.79 Å². The highest BCUT2D eigenvalue weighted by molar-refractivity contribution is 9.10. The van der Waals surface area contributed by atoms with Crippen molar-refractivity contribution < 1.29 is 9.90 Å². The molecular weight excluding hydrogens is 330 g/mol. The maximum absolute atomic E-state index is 12.6. The highest BCUT2D eigenvalue weighted by atomic mass is 79.9. The Morgan fingerprint density at radius 1 is 1.47 bits per heavy atom. The summed E-state index contributed by atoms with van der Waals surface area (Å²) in [5.74, 6) is -0.00692. The van der Waals surface area contributed by atoms with Crippen LogP contribution in [0.1, 0.15) is 36.0 Å². The normalized spacial score (nSPS) is 19.5. The number of aliphatic hydroxyl groups is 1. The Labute approximate surface area is 126 Å². The van der Waals surface area contributed by atoms with Gasteiger partial charge in [-0.2, -0.15) is 0 Å². The average Bonchev–Trinajstić information content (AvgIpc) is 2.42. The van der Waals surface area contributed by atoms with Crippen molar-refractivity contribution in [2.75, 3.05) is 13.2 Å². The van der Waals surface area contributed by atoms with Gasteiger partial charge in [0.1, 0.15) is 0 Å². The molecule has 1 aliphatic heterocycles. The number of amides is 1. The number of rotatable bonds is 3. The van der Waals surface area contributed by atoms with E-state index in [1.807, 2.05) is 4.90 Å². The topological polar surface area (TPSA) is 40.5 Å². The molecule has 0 bridgehead atoms. The van der Waals surface area contributed by atoms with Gasteiger partial charge in [-0.3, -0.25) is 4.79 Å². The van der Waals surface area contributed by atoms with E-state index in [0.29, 0.717) is 17.0 Å². The van der Waals surface area contributed by atoms with Crippen molar-refractivity contribution in [3.63, 3.8) is 0 Å². The third-order valence-electron chi connectivity index (χ3n) is 3.51. The fourth-order valence-corrected chi connectivity index (χ4v) is 3.12. The summed E-state index contributed by atoms with van der Waals surface area (Å²) >= 11 is 9.37. The van der Waals surface area contributed by atoms with Crippen molar-refractivity contribution in [2.45, 2.75) is 31.7 Å². The zero-order chi connectivity index (χ0) is 13.8. The van der Waals surface area contributed by atoms with Gasteiger partial charge in [0.05, 0.1) is 5.56 Å². The van der Waals surface area contributed by atoms with Crippen LogP contribution >= 0.6 is 27.5 Å². The molecule has 19 heavy (non-hydrogen) atoms. The molecule has 1 saturated heterocycles. The van der Waals surface area contributed by atoms with Crippen molar-refractivity contribution in [3.8, 4) is 0 Å². The van der Waals surface area contributed by atoms with Crippen LogP contribution in [0, 0.1) is 0 Å². The van der Waals surface area contributed by atoms with Gasteiger partial charge in [-0.15, -0.1) is 0 Å². The molecule has 0 aliphatic carbocycles. The van der Waals surface area contributed by atoms with Gasteiger partial charge in [0.25, 0.3) is 5.91 Å². The minimum absolute atomic E-state index is 0.00692. The zero-order valence-corrected chi connectivity index (χ0v) is 13.0. The van der Waals surface area contributed by atoms with Gasteiger partial charge in [-0.1, -0.05) is 11.6 Å². The number of halogens is 2. The van der Waals surface area contributed by atoms with Crippen LogP contribution in [0.5, 0.6) is 0 Å². The zero-order valence-electron chi connectivity index (χ0n) is 10.6.